The van der Waals surface area contributed by atoms with Gasteiger partial charge in [0.05, 0.1) is 0 Å². The van der Waals surface area contributed by atoms with Crippen molar-refractivity contribution in [2.45, 2.75) is 44.7 Å². The van der Waals surface area contributed by atoms with Crippen LogP contribution in [-0.2, 0) is 20.9 Å². The van der Waals surface area contributed by atoms with Gasteiger partial charge in [0.2, 0.25) is 0 Å². The van der Waals surface area contributed by atoms with Gasteiger partial charge in [0.1, 0.15) is 33.8 Å². The van der Waals surface area contributed by atoms with Gasteiger partial charge in [0, 0.05) is 17.5 Å². The Labute approximate surface area is 186 Å². The van der Waals surface area contributed by atoms with Gasteiger partial charge in [-0.25, -0.2) is 9.59 Å². The minimum Gasteiger partial charge on any atom is -0.458 e. The molecule has 2 heterocycles. The fraction of sp³-hybridized carbons (Fsp3) is 0.318. The van der Waals surface area contributed by atoms with Crippen molar-refractivity contribution in [1.29, 1.82) is 0 Å². The molecule has 0 saturated carbocycles. The van der Waals surface area contributed by atoms with Crippen LogP contribution in [0.4, 0.5) is 4.79 Å². The molecule has 3 aromatic rings. The molecule has 164 valence electrons. The highest BCUT2D eigenvalue weighted by Gasteiger charge is 2.26. The zero-order valence-electron chi connectivity index (χ0n) is 17.4. The number of hydrogen-bond donors (Lipinski definition) is 0. The van der Waals surface area contributed by atoms with Crippen molar-refractivity contribution in [2.75, 3.05) is 0 Å². The van der Waals surface area contributed by atoms with Crippen LogP contribution in [0, 0.1) is 6.92 Å². The highest BCUT2D eigenvalue weighted by Crippen LogP contribution is 2.25. The van der Waals surface area contributed by atoms with Crippen LogP contribution in [0.3, 0.4) is 0 Å². The molecule has 0 aliphatic heterocycles. The molecule has 0 N–H and O–H groups in total. The van der Waals surface area contributed by atoms with Crippen LogP contribution >= 0.6 is 15.9 Å². The van der Waals surface area contributed by atoms with Gasteiger partial charge < -0.3 is 23.0 Å². The van der Waals surface area contributed by atoms with E-state index in [4.69, 9.17) is 23.0 Å². The van der Waals surface area contributed by atoms with E-state index >= 15 is 0 Å². The van der Waals surface area contributed by atoms with Gasteiger partial charge in [-0.1, -0.05) is 15.9 Å². The first-order valence-corrected chi connectivity index (χ1v) is 10.2. The number of carbonyl (C=O) groups is 2. The van der Waals surface area contributed by atoms with Crippen LogP contribution in [0.15, 0.2) is 50.0 Å². The molecule has 1 unspecified atom stereocenters. The summed E-state index contributed by atoms with van der Waals surface area (Å²) in [6.07, 6.45) is -1.70. The Morgan fingerprint density at radius 3 is 2.58 bits per heavy atom. The zero-order valence-corrected chi connectivity index (χ0v) is 19.0. The van der Waals surface area contributed by atoms with Crippen molar-refractivity contribution in [3.8, 4) is 5.75 Å². The lowest BCUT2D eigenvalue weighted by Gasteiger charge is -2.14. The number of furan rings is 1. The molecule has 0 fully saturated rings. The molecular weight excluding hydrogens is 472 g/mol. The van der Waals surface area contributed by atoms with Crippen molar-refractivity contribution in [2.24, 2.45) is 0 Å². The number of aryl methyl sites for hydroxylation is 1. The second-order valence-electron chi connectivity index (χ2n) is 7.37. The van der Waals surface area contributed by atoms with E-state index in [1.54, 1.807) is 52.0 Å². The summed E-state index contributed by atoms with van der Waals surface area (Å²) in [5.41, 5.74) is 0.575. The lowest BCUT2D eigenvalue weighted by atomic mass is 10.1. The smallest absolute Gasteiger partial charge is 0.458 e. The van der Waals surface area contributed by atoms with Crippen LogP contribution in [0.5, 0.6) is 5.75 Å². The second kappa shape index (κ2) is 8.97. The van der Waals surface area contributed by atoms with E-state index in [9.17, 15) is 14.4 Å². The van der Waals surface area contributed by atoms with Crippen molar-refractivity contribution >= 4 is 39.0 Å². The van der Waals surface area contributed by atoms with Gasteiger partial charge in [-0.15, -0.1) is 0 Å². The molecule has 1 atom stereocenters. The Kier molecular flexibility index (Phi) is 6.54. The number of alkyl halides is 1. The molecule has 0 radical (unpaired) electrons. The van der Waals surface area contributed by atoms with Crippen molar-refractivity contribution in [3.05, 3.63) is 63.9 Å². The Bertz CT molecular complexity index is 1170. The minimum absolute atomic E-state index is 0.0489. The molecular formula is C22H21BrO8. The number of hydrogen-bond acceptors (Lipinski definition) is 8. The maximum absolute atomic E-state index is 12.1. The van der Waals surface area contributed by atoms with E-state index in [1.807, 2.05) is 0 Å². The molecule has 0 spiro atoms. The molecule has 0 bridgehead atoms. The molecule has 0 aliphatic carbocycles. The van der Waals surface area contributed by atoms with Gasteiger partial charge >= 0.3 is 17.8 Å². The molecule has 31 heavy (non-hydrogen) atoms. The monoisotopic (exact) mass is 492 g/mol. The number of benzene rings is 1. The van der Waals surface area contributed by atoms with Gasteiger partial charge in [0.15, 0.2) is 6.10 Å². The Morgan fingerprint density at radius 2 is 1.87 bits per heavy atom. The van der Waals surface area contributed by atoms with E-state index in [0.29, 0.717) is 17.1 Å². The van der Waals surface area contributed by atoms with Crippen LogP contribution in [-0.4, -0.2) is 16.4 Å². The summed E-state index contributed by atoms with van der Waals surface area (Å²) in [5, 5.41) is 0.737. The fourth-order valence-electron chi connectivity index (χ4n) is 2.69. The minimum atomic E-state index is -0.952. The van der Waals surface area contributed by atoms with Crippen molar-refractivity contribution in [3.63, 3.8) is 0 Å². The van der Waals surface area contributed by atoms with E-state index < -0.39 is 28.2 Å². The number of fused-ring (bicyclic) bond motifs is 1. The van der Waals surface area contributed by atoms with E-state index in [-0.39, 0.29) is 12.4 Å². The van der Waals surface area contributed by atoms with E-state index in [0.717, 1.165) is 10.9 Å². The van der Waals surface area contributed by atoms with Gasteiger partial charge in [-0.2, -0.15) is 0 Å². The number of ether oxygens (including phenoxy) is 3. The summed E-state index contributed by atoms with van der Waals surface area (Å²) >= 11 is 3.22. The largest absolute Gasteiger partial charge is 0.514 e. The van der Waals surface area contributed by atoms with Crippen LogP contribution in [0.25, 0.3) is 11.0 Å². The average molecular weight is 493 g/mol. The Balaban J connectivity index is 1.60. The third kappa shape index (κ3) is 5.75. The summed E-state index contributed by atoms with van der Waals surface area (Å²) in [6, 6.07) is 9.34. The molecule has 0 amide bonds. The lowest BCUT2D eigenvalue weighted by molar-refractivity contribution is -0.147. The number of carbonyl (C=O) groups excluding carboxylic acids is 2. The molecule has 9 heteroatoms. The first kappa shape index (κ1) is 22.6. The summed E-state index contributed by atoms with van der Waals surface area (Å²) in [5.74, 6) is 0.507. The number of halogens is 1. The van der Waals surface area contributed by atoms with Crippen molar-refractivity contribution < 1.29 is 32.6 Å². The third-order valence-corrected chi connectivity index (χ3v) is 4.63. The highest BCUT2D eigenvalue weighted by molar-refractivity contribution is 9.10. The summed E-state index contributed by atoms with van der Waals surface area (Å²) in [7, 11) is 0. The first-order chi connectivity index (χ1) is 14.5. The molecule has 8 nitrogen and oxygen atoms in total. The summed E-state index contributed by atoms with van der Waals surface area (Å²) in [4.78, 5) is 35.5. The number of rotatable bonds is 6. The zero-order chi connectivity index (χ0) is 22.8. The standard InChI is InChI=1S/C22H21BrO8/c1-12-9-19(24)31-18-10-14(5-7-16(12)18)30-21(26)28-13(2)17-8-6-15(29-17)11-27-20(25)22(3,4)23/h5-10,13H,11H2,1-4H3. The third-order valence-electron chi connectivity index (χ3n) is 4.31. The topological polar surface area (TPSA) is 105 Å². The van der Waals surface area contributed by atoms with Crippen LogP contribution in [0.2, 0.25) is 0 Å². The first-order valence-electron chi connectivity index (χ1n) is 9.40. The molecule has 1 aromatic carbocycles. The summed E-state index contributed by atoms with van der Waals surface area (Å²) in [6.45, 7) is 6.70. The van der Waals surface area contributed by atoms with Gasteiger partial charge in [-0.05, 0) is 57.5 Å². The predicted octanol–water partition coefficient (Wildman–Crippen LogP) is 5.19. The van der Waals surface area contributed by atoms with Gasteiger partial charge in [0.25, 0.3) is 0 Å². The second-order valence-corrected chi connectivity index (χ2v) is 9.35. The molecule has 3 rings (SSSR count). The predicted molar refractivity (Wildman–Crippen MR) is 114 cm³/mol. The van der Waals surface area contributed by atoms with Crippen molar-refractivity contribution in [1.82, 2.24) is 0 Å². The van der Waals surface area contributed by atoms with Crippen LogP contribution in [0.1, 0.15) is 44.0 Å². The van der Waals surface area contributed by atoms with E-state index in [2.05, 4.69) is 15.9 Å². The lowest BCUT2D eigenvalue weighted by Crippen LogP contribution is -2.26. The Hall–Kier alpha value is -3.07. The SMILES string of the molecule is Cc1cc(=O)oc2cc(OC(=O)OC(C)c3ccc(COC(=O)C(C)(C)Br)o3)ccc12. The summed E-state index contributed by atoms with van der Waals surface area (Å²) < 4.78 is 25.5. The molecule has 0 saturated heterocycles. The maximum Gasteiger partial charge on any atom is 0.514 e. The fourth-order valence-corrected chi connectivity index (χ4v) is 2.80. The normalized spacial score (nSPS) is 12.4. The Morgan fingerprint density at radius 1 is 1.13 bits per heavy atom. The van der Waals surface area contributed by atoms with E-state index in [1.165, 1.54) is 12.1 Å². The molecule has 2 aromatic heterocycles. The maximum atomic E-state index is 12.1. The molecule has 0 aliphatic rings. The van der Waals surface area contributed by atoms with Crippen LogP contribution < -0.4 is 10.4 Å². The quantitative estimate of drug-likeness (QED) is 0.200. The number of esters is 1. The highest BCUT2D eigenvalue weighted by atomic mass is 79.9. The average Bonchev–Trinajstić information content (AvgIpc) is 3.14. The van der Waals surface area contributed by atoms with Gasteiger partial charge in [-0.3, -0.25) is 4.79 Å².